The Balaban J connectivity index is 3.10. The summed E-state index contributed by atoms with van der Waals surface area (Å²) in [5, 5.41) is 14.8. The fraction of sp³-hybridized carbons (Fsp3) is 0.500. The molecule has 0 aliphatic rings. The molecule has 0 aromatic heterocycles. The summed E-state index contributed by atoms with van der Waals surface area (Å²) in [4.78, 5) is 38.8. The number of unbranched alkanes of at least 4 members (excludes halogenated alkanes) is 1. The molecule has 0 radical (unpaired) electrons. The summed E-state index contributed by atoms with van der Waals surface area (Å²) >= 11 is 0. The second kappa shape index (κ2) is 11.1. The number of aromatic hydroxyl groups is 1. The van der Waals surface area contributed by atoms with Crippen LogP contribution >= 0.6 is 0 Å². The van der Waals surface area contributed by atoms with E-state index in [1.165, 1.54) is 31.2 Å². The number of hydrogen-bond acceptors (Lipinski definition) is 5. The molecule has 0 saturated heterocycles. The zero-order chi connectivity index (χ0) is 22.9. The Hall–Kier alpha value is -3.21. The number of amides is 3. The van der Waals surface area contributed by atoms with E-state index in [9.17, 15) is 19.5 Å². The monoisotopic (exact) mass is 417 g/mol. The van der Waals surface area contributed by atoms with Crippen LogP contribution in [0.4, 0.5) is 4.79 Å². The Labute approximate surface area is 178 Å². The number of benzene rings is 1. The van der Waals surface area contributed by atoms with Crippen molar-refractivity contribution in [3.63, 3.8) is 0 Å². The Morgan fingerprint density at radius 3 is 2.33 bits per heavy atom. The van der Waals surface area contributed by atoms with Gasteiger partial charge < -0.3 is 20.5 Å². The first-order valence-electron chi connectivity index (χ1n) is 9.85. The van der Waals surface area contributed by atoms with E-state index in [1.807, 2.05) is 6.92 Å². The molecule has 0 spiro atoms. The van der Waals surface area contributed by atoms with Gasteiger partial charge in [-0.05, 0) is 51.8 Å². The summed E-state index contributed by atoms with van der Waals surface area (Å²) in [7, 11) is 0. The molecule has 3 amide bonds. The number of ether oxygens (including phenoxy) is 1. The van der Waals surface area contributed by atoms with Gasteiger partial charge in [0.25, 0.3) is 5.91 Å². The van der Waals surface area contributed by atoms with Gasteiger partial charge in [0.2, 0.25) is 5.91 Å². The third-order valence-electron chi connectivity index (χ3n) is 4.03. The van der Waals surface area contributed by atoms with Gasteiger partial charge in [0.05, 0.1) is 0 Å². The molecule has 0 aliphatic heterocycles. The highest BCUT2D eigenvalue weighted by Crippen LogP contribution is 2.24. The molecule has 164 valence electrons. The van der Waals surface area contributed by atoms with Gasteiger partial charge in [-0.25, -0.2) is 4.79 Å². The first-order valence-corrected chi connectivity index (χ1v) is 9.85. The lowest BCUT2D eigenvalue weighted by Crippen LogP contribution is -2.50. The van der Waals surface area contributed by atoms with E-state index in [0.29, 0.717) is 12.1 Å². The molecule has 0 aliphatic carbocycles. The SMILES string of the molecule is C#CN(C(=O)C(C)NC(=O)OC(C)(C)C)C(C(=O)NCCCC)c1ccc(O)cc1. The van der Waals surface area contributed by atoms with Crippen LogP contribution in [0.2, 0.25) is 0 Å². The smallest absolute Gasteiger partial charge is 0.408 e. The molecule has 2 atom stereocenters. The van der Waals surface area contributed by atoms with Gasteiger partial charge in [-0.1, -0.05) is 31.9 Å². The number of alkyl carbamates (subject to hydrolysis) is 1. The van der Waals surface area contributed by atoms with Crippen LogP contribution in [0.3, 0.4) is 0 Å². The Morgan fingerprint density at radius 1 is 1.23 bits per heavy atom. The van der Waals surface area contributed by atoms with Crippen LogP contribution in [0.5, 0.6) is 5.75 Å². The van der Waals surface area contributed by atoms with E-state index in [-0.39, 0.29) is 5.75 Å². The van der Waals surface area contributed by atoms with Crippen LogP contribution in [0, 0.1) is 12.5 Å². The van der Waals surface area contributed by atoms with Crippen LogP contribution in [0.1, 0.15) is 59.1 Å². The maximum atomic E-state index is 13.0. The van der Waals surface area contributed by atoms with E-state index < -0.39 is 35.6 Å². The highest BCUT2D eigenvalue weighted by atomic mass is 16.6. The van der Waals surface area contributed by atoms with Crippen molar-refractivity contribution in [3.8, 4) is 18.2 Å². The molecule has 0 saturated carbocycles. The van der Waals surface area contributed by atoms with Crippen LogP contribution in [0.15, 0.2) is 24.3 Å². The third kappa shape index (κ3) is 7.66. The van der Waals surface area contributed by atoms with Gasteiger partial charge in [0.1, 0.15) is 23.4 Å². The van der Waals surface area contributed by atoms with Crippen LogP contribution in [0.25, 0.3) is 0 Å². The maximum absolute atomic E-state index is 13.0. The van der Waals surface area contributed by atoms with Gasteiger partial charge in [0, 0.05) is 12.6 Å². The van der Waals surface area contributed by atoms with Gasteiger partial charge in [0.15, 0.2) is 0 Å². The van der Waals surface area contributed by atoms with Gasteiger partial charge in [-0.2, -0.15) is 0 Å². The number of nitrogens with one attached hydrogen (secondary N) is 2. The minimum atomic E-state index is -1.12. The summed E-state index contributed by atoms with van der Waals surface area (Å²) in [6.45, 7) is 8.99. The van der Waals surface area contributed by atoms with Crippen LogP contribution in [-0.4, -0.2) is 46.1 Å². The summed E-state index contributed by atoms with van der Waals surface area (Å²) in [5.74, 6) is -1.08. The van der Waals surface area contributed by atoms with Gasteiger partial charge in [-0.15, -0.1) is 0 Å². The molecule has 1 rings (SSSR count). The average Bonchev–Trinajstić information content (AvgIpc) is 2.65. The summed E-state index contributed by atoms with van der Waals surface area (Å²) in [6.07, 6.45) is 6.48. The molecule has 1 aromatic carbocycles. The van der Waals surface area contributed by atoms with E-state index in [4.69, 9.17) is 11.2 Å². The van der Waals surface area contributed by atoms with E-state index in [2.05, 4.69) is 16.7 Å². The Morgan fingerprint density at radius 2 is 1.83 bits per heavy atom. The first-order chi connectivity index (χ1) is 14.0. The lowest BCUT2D eigenvalue weighted by molar-refractivity contribution is -0.138. The molecule has 8 heteroatoms. The minimum Gasteiger partial charge on any atom is -0.508 e. The summed E-state index contributed by atoms with van der Waals surface area (Å²) in [6, 6.07) is 5.95. The molecular formula is C22H31N3O5. The van der Waals surface area contributed by atoms with E-state index in [0.717, 1.165) is 17.7 Å². The normalized spacial score (nSPS) is 12.8. The molecule has 1 aromatic rings. The summed E-state index contributed by atoms with van der Waals surface area (Å²) < 4.78 is 5.16. The average molecular weight is 418 g/mol. The van der Waals surface area contributed by atoms with E-state index in [1.54, 1.807) is 20.8 Å². The molecule has 0 heterocycles. The number of phenolic OH excluding ortho intramolecular Hbond substituents is 1. The molecule has 30 heavy (non-hydrogen) atoms. The molecule has 3 N–H and O–H groups in total. The quantitative estimate of drug-likeness (QED) is 0.342. The molecular weight excluding hydrogens is 386 g/mol. The fourth-order valence-corrected chi connectivity index (χ4v) is 2.58. The predicted molar refractivity (Wildman–Crippen MR) is 113 cm³/mol. The molecule has 8 nitrogen and oxygen atoms in total. The number of phenols is 1. The van der Waals surface area contributed by atoms with E-state index >= 15 is 0 Å². The number of carbonyl (C=O) groups is 3. The minimum absolute atomic E-state index is 0.0161. The van der Waals surface area contributed by atoms with Crippen molar-refractivity contribution >= 4 is 17.9 Å². The largest absolute Gasteiger partial charge is 0.508 e. The number of nitrogens with zero attached hydrogens (tertiary/aromatic N) is 1. The zero-order valence-corrected chi connectivity index (χ0v) is 18.2. The fourth-order valence-electron chi connectivity index (χ4n) is 2.58. The van der Waals surface area contributed by atoms with Crippen LogP contribution in [-0.2, 0) is 14.3 Å². The van der Waals surface area contributed by atoms with Crippen molar-refractivity contribution in [1.29, 1.82) is 0 Å². The third-order valence-corrected chi connectivity index (χ3v) is 4.03. The van der Waals surface area contributed by atoms with Crippen molar-refractivity contribution in [1.82, 2.24) is 15.5 Å². The van der Waals surface area contributed by atoms with Crippen molar-refractivity contribution in [2.75, 3.05) is 6.54 Å². The number of hydrogen-bond donors (Lipinski definition) is 3. The lowest BCUT2D eigenvalue weighted by atomic mass is 10.0. The molecule has 0 fully saturated rings. The predicted octanol–water partition coefficient (Wildman–Crippen LogP) is 2.68. The Kier molecular flexibility index (Phi) is 9.18. The summed E-state index contributed by atoms with van der Waals surface area (Å²) in [5.41, 5.74) is -0.301. The van der Waals surface area contributed by atoms with Crippen molar-refractivity contribution < 1.29 is 24.2 Å². The molecule has 0 bridgehead atoms. The Bertz CT molecular complexity index is 777. The highest BCUT2D eigenvalue weighted by Gasteiger charge is 2.34. The number of carbonyl (C=O) groups excluding carboxylic acids is 3. The topological polar surface area (TPSA) is 108 Å². The zero-order valence-electron chi connectivity index (χ0n) is 18.2. The standard InChI is InChI=1S/C22H31N3O5/c1-7-9-14-23-19(27)18(16-10-12-17(26)13-11-16)25(8-2)20(28)15(3)24-21(29)30-22(4,5)6/h2,10-13,15,18,26H,7,9,14H2,1,3-6H3,(H,23,27)(H,24,29). The number of rotatable bonds is 8. The van der Waals surface area contributed by atoms with Gasteiger partial charge >= 0.3 is 6.09 Å². The number of terminal acetylenes is 1. The second-order valence-electron chi connectivity index (χ2n) is 7.84. The first kappa shape index (κ1) is 24.8. The van der Waals surface area contributed by atoms with Gasteiger partial charge in [-0.3, -0.25) is 14.5 Å². The van der Waals surface area contributed by atoms with Crippen LogP contribution < -0.4 is 10.6 Å². The maximum Gasteiger partial charge on any atom is 0.408 e. The van der Waals surface area contributed by atoms with Crippen molar-refractivity contribution in [2.45, 2.75) is 65.1 Å². The second-order valence-corrected chi connectivity index (χ2v) is 7.84. The van der Waals surface area contributed by atoms with Crippen molar-refractivity contribution in [3.05, 3.63) is 29.8 Å². The van der Waals surface area contributed by atoms with Crippen molar-refractivity contribution in [2.24, 2.45) is 0 Å². The highest BCUT2D eigenvalue weighted by molar-refractivity contribution is 5.93. The lowest BCUT2D eigenvalue weighted by Gasteiger charge is -2.29. The molecule has 2 unspecified atom stereocenters.